The molecule has 13 heavy (non-hydrogen) atoms. The highest BCUT2D eigenvalue weighted by atomic mass is 32.1. The Morgan fingerprint density at radius 3 is 3.00 bits per heavy atom. The van der Waals surface area contributed by atoms with Crippen LogP contribution in [-0.4, -0.2) is 19.5 Å². The fraction of sp³-hybridized carbons (Fsp3) is 0.143. The van der Waals surface area contributed by atoms with E-state index < -0.39 is 0 Å². The van der Waals surface area contributed by atoms with E-state index in [1.54, 1.807) is 17.9 Å². The molecule has 0 atom stereocenters. The highest BCUT2D eigenvalue weighted by molar-refractivity contribution is 7.11. The van der Waals surface area contributed by atoms with Crippen molar-refractivity contribution in [1.29, 1.82) is 0 Å². The van der Waals surface area contributed by atoms with Crippen molar-refractivity contribution in [1.82, 2.24) is 13.7 Å². The lowest BCUT2D eigenvalue weighted by Gasteiger charge is -1.90. The Morgan fingerprint density at radius 2 is 2.38 bits per heavy atom. The van der Waals surface area contributed by atoms with Gasteiger partial charge in [-0.05, 0) is 0 Å². The number of hydrogen-bond acceptors (Lipinski definition) is 6. The van der Waals surface area contributed by atoms with Gasteiger partial charge in [-0.15, -0.1) is 11.3 Å². The van der Waals surface area contributed by atoms with Gasteiger partial charge in [-0.1, -0.05) is 0 Å². The number of carbonyl (C=O) groups is 1. The molecule has 4 nitrogen and oxygen atoms in total. The van der Waals surface area contributed by atoms with Gasteiger partial charge in [-0.3, -0.25) is 9.78 Å². The number of carbonyl (C=O) groups excluding carboxylic acids is 1. The van der Waals surface area contributed by atoms with E-state index in [1.165, 1.54) is 11.3 Å². The summed E-state index contributed by atoms with van der Waals surface area (Å²) in [5.41, 5.74) is 2.37. The molecule has 2 heterocycles. The molecule has 66 valence electrons. The molecule has 2 aromatic rings. The second-order valence-corrected chi connectivity index (χ2v) is 3.81. The van der Waals surface area contributed by atoms with E-state index in [2.05, 4.69) is 13.7 Å². The van der Waals surface area contributed by atoms with E-state index >= 15 is 0 Å². The summed E-state index contributed by atoms with van der Waals surface area (Å²) in [7, 11) is 0. The number of Topliss-reactive ketones (excluding diaryl/α,β-unsaturated/α-hetero) is 1. The molecule has 0 amide bonds. The van der Waals surface area contributed by atoms with Gasteiger partial charge < -0.3 is 0 Å². The number of rotatable bonds is 3. The third-order valence-corrected chi connectivity index (χ3v) is 2.79. The Hall–Kier alpha value is -1.14. The van der Waals surface area contributed by atoms with Crippen LogP contribution in [0.15, 0.2) is 17.9 Å². The zero-order chi connectivity index (χ0) is 9.10. The van der Waals surface area contributed by atoms with Crippen molar-refractivity contribution in [3.05, 3.63) is 28.5 Å². The Morgan fingerprint density at radius 1 is 1.46 bits per heavy atom. The van der Waals surface area contributed by atoms with Crippen LogP contribution >= 0.6 is 23.1 Å². The normalized spacial score (nSPS) is 10.2. The fourth-order valence-electron chi connectivity index (χ4n) is 0.867. The maximum Gasteiger partial charge on any atom is 0.180 e. The molecule has 0 aliphatic heterocycles. The van der Waals surface area contributed by atoms with Gasteiger partial charge in [-0.2, -0.15) is 8.75 Å². The predicted octanol–water partition coefficient (Wildman–Crippen LogP) is 1.42. The summed E-state index contributed by atoms with van der Waals surface area (Å²) in [5, 5.41) is 0. The second kappa shape index (κ2) is 3.71. The van der Waals surface area contributed by atoms with E-state index in [0.29, 0.717) is 11.3 Å². The second-order valence-electron chi connectivity index (χ2n) is 2.36. The molecule has 0 aromatic carbocycles. The smallest absolute Gasteiger partial charge is 0.180 e. The summed E-state index contributed by atoms with van der Waals surface area (Å²) in [6.45, 7) is 0. The van der Waals surface area contributed by atoms with Crippen molar-refractivity contribution < 1.29 is 4.79 Å². The van der Waals surface area contributed by atoms with Crippen molar-refractivity contribution in [2.75, 3.05) is 0 Å². The van der Waals surface area contributed by atoms with Crippen LogP contribution in [0, 0.1) is 0 Å². The average Bonchev–Trinajstić information content (AvgIpc) is 2.74. The zero-order valence-electron chi connectivity index (χ0n) is 6.51. The standard InChI is InChI=1S/C7H5N3OS2/c11-6(7-3-8-4-12-7)1-5-2-9-13-10-5/h2-4H,1H2. The van der Waals surface area contributed by atoms with E-state index in [4.69, 9.17) is 0 Å². The number of aromatic nitrogens is 3. The SMILES string of the molecule is O=C(Cc1cnsn1)c1cncs1. The molecule has 2 rings (SSSR count). The molecular weight excluding hydrogens is 206 g/mol. The van der Waals surface area contributed by atoms with Crippen molar-refractivity contribution >= 4 is 28.8 Å². The lowest BCUT2D eigenvalue weighted by molar-refractivity contribution is 0.0996. The third-order valence-electron chi connectivity index (χ3n) is 1.46. The molecule has 6 heteroatoms. The van der Waals surface area contributed by atoms with Gasteiger partial charge in [0.05, 0.1) is 40.4 Å². The predicted molar refractivity (Wildman–Crippen MR) is 50.1 cm³/mol. The summed E-state index contributed by atoms with van der Waals surface area (Å²) < 4.78 is 7.78. The first-order valence-corrected chi connectivity index (χ1v) is 5.15. The van der Waals surface area contributed by atoms with Crippen LogP contribution in [-0.2, 0) is 6.42 Å². The summed E-state index contributed by atoms with van der Waals surface area (Å²) in [6.07, 6.45) is 3.51. The van der Waals surface area contributed by atoms with Crippen LogP contribution in [0.3, 0.4) is 0 Å². The lowest BCUT2D eigenvalue weighted by Crippen LogP contribution is -2.00. The topological polar surface area (TPSA) is 55.7 Å². The minimum atomic E-state index is 0.0511. The largest absolute Gasteiger partial charge is 0.293 e. The molecule has 0 unspecified atom stereocenters. The van der Waals surface area contributed by atoms with E-state index in [9.17, 15) is 4.79 Å². The Balaban J connectivity index is 2.08. The first-order valence-electron chi connectivity index (χ1n) is 3.54. The van der Waals surface area contributed by atoms with Gasteiger partial charge in [-0.25, -0.2) is 0 Å². The van der Waals surface area contributed by atoms with Crippen molar-refractivity contribution in [3.8, 4) is 0 Å². The van der Waals surface area contributed by atoms with Gasteiger partial charge in [0.2, 0.25) is 0 Å². The van der Waals surface area contributed by atoms with Crippen LogP contribution in [0.1, 0.15) is 15.4 Å². The molecule has 0 aliphatic carbocycles. The summed E-state index contributed by atoms with van der Waals surface area (Å²) in [6, 6.07) is 0. The number of thiazole rings is 1. The summed E-state index contributed by atoms with van der Waals surface area (Å²) in [5.74, 6) is 0.0511. The van der Waals surface area contributed by atoms with Gasteiger partial charge in [0.1, 0.15) is 0 Å². The Labute approximate surface area is 82.6 Å². The summed E-state index contributed by atoms with van der Waals surface area (Å²) >= 11 is 2.46. The van der Waals surface area contributed by atoms with Gasteiger partial charge in [0, 0.05) is 6.20 Å². The number of nitrogens with zero attached hydrogens (tertiary/aromatic N) is 3. The van der Waals surface area contributed by atoms with Crippen LogP contribution in [0.5, 0.6) is 0 Å². The fourth-order valence-corrected chi connectivity index (χ4v) is 1.86. The van der Waals surface area contributed by atoms with Crippen molar-refractivity contribution in [2.45, 2.75) is 6.42 Å². The highest BCUT2D eigenvalue weighted by Gasteiger charge is 2.09. The lowest BCUT2D eigenvalue weighted by atomic mass is 10.2. The quantitative estimate of drug-likeness (QED) is 0.720. The molecule has 0 saturated carbocycles. The molecule has 0 bridgehead atoms. The first-order chi connectivity index (χ1) is 6.36. The molecule has 0 radical (unpaired) electrons. The van der Waals surface area contributed by atoms with Crippen LogP contribution in [0.25, 0.3) is 0 Å². The van der Waals surface area contributed by atoms with Gasteiger partial charge in [0.25, 0.3) is 0 Å². The molecule has 2 aromatic heterocycles. The first kappa shape index (κ1) is 8.46. The van der Waals surface area contributed by atoms with Crippen LogP contribution < -0.4 is 0 Å². The zero-order valence-corrected chi connectivity index (χ0v) is 8.14. The molecule has 0 spiro atoms. The van der Waals surface area contributed by atoms with Crippen LogP contribution in [0.2, 0.25) is 0 Å². The summed E-state index contributed by atoms with van der Waals surface area (Å²) in [4.78, 5) is 16.0. The maximum atomic E-state index is 11.5. The van der Waals surface area contributed by atoms with Gasteiger partial charge >= 0.3 is 0 Å². The van der Waals surface area contributed by atoms with Gasteiger partial charge in [0.15, 0.2) is 5.78 Å². The average molecular weight is 211 g/mol. The minimum Gasteiger partial charge on any atom is -0.293 e. The van der Waals surface area contributed by atoms with E-state index in [-0.39, 0.29) is 5.78 Å². The van der Waals surface area contributed by atoms with Crippen molar-refractivity contribution in [3.63, 3.8) is 0 Å². The number of hydrogen-bond donors (Lipinski definition) is 0. The molecule has 0 aliphatic rings. The Bertz CT molecular complexity index is 382. The number of ketones is 1. The van der Waals surface area contributed by atoms with E-state index in [0.717, 1.165) is 17.4 Å². The molecular formula is C7H5N3OS2. The van der Waals surface area contributed by atoms with Crippen molar-refractivity contribution in [2.24, 2.45) is 0 Å². The Kier molecular flexibility index (Phi) is 2.42. The van der Waals surface area contributed by atoms with E-state index in [1.807, 2.05) is 0 Å². The minimum absolute atomic E-state index is 0.0511. The molecule has 0 N–H and O–H groups in total. The maximum absolute atomic E-state index is 11.5. The third kappa shape index (κ3) is 1.96. The monoisotopic (exact) mass is 211 g/mol. The highest BCUT2D eigenvalue weighted by Crippen LogP contribution is 2.09. The molecule has 0 fully saturated rings. The molecule has 0 saturated heterocycles. The van der Waals surface area contributed by atoms with Crippen LogP contribution in [0.4, 0.5) is 0 Å².